The Morgan fingerprint density at radius 1 is 0.929 bits per heavy atom. The van der Waals surface area contributed by atoms with Gasteiger partial charge in [0.1, 0.15) is 6.54 Å². The van der Waals surface area contributed by atoms with Crippen molar-refractivity contribution in [1.29, 1.82) is 0 Å². The van der Waals surface area contributed by atoms with Crippen molar-refractivity contribution in [2.45, 2.75) is 56.1 Å². The molecule has 148 valence electrons. The first-order valence-corrected chi connectivity index (χ1v) is 10.9. The van der Waals surface area contributed by atoms with Crippen LogP contribution in [0.1, 0.15) is 27.7 Å². The van der Waals surface area contributed by atoms with Crippen LogP contribution in [0, 0.1) is 0 Å². The van der Waals surface area contributed by atoms with Gasteiger partial charge in [-0.25, -0.2) is 8.42 Å². The van der Waals surface area contributed by atoms with Gasteiger partial charge in [-0.2, -0.15) is 0 Å². The number of carbonyl (C=O) groups is 1. The summed E-state index contributed by atoms with van der Waals surface area (Å²) in [6, 6.07) is 15.8. The van der Waals surface area contributed by atoms with Crippen molar-refractivity contribution < 1.29 is 13.2 Å². The zero-order valence-corrected chi connectivity index (χ0v) is 17.5. The maximum atomic E-state index is 13.2. The molecule has 0 N–H and O–H groups in total. The van der Waals surface area contributed by atoms with Crippen LogP contribution in [0.25, 0.3) is 10.9 Å². The Balaban J connectivity index is 2.08. The molecule has 3 aromatic rings. The van der Waals surface area contributed by atoms with Crippen LogP contribution < -0.4 is 0 Å². The van der Waals surface area contributed by atoms with Gasteiger partial charge in [0.15, 0.2) is 0 Å². The summed E-state index contributed by atoms with van der Waals surface area (Å²) in [4.78, 5) is 15.2. The smallest absolute Gasteiger partial charge is 0.242 e. The number of hydrogen-bond donors (Lipinski definition) is 0. The Morgan fingerprint density at radius 2 is 1.50 bits per heavy atom. The van der Waals surface area contributed by atoms with E-state index >= 15 is 0 Å². The number of nitrogens with zero attached hydrogens (tertiary/aromatic N) is 2. The molecule has 0 saturated heterocycles. The van der Waals surface area contributed by atoms with E-state index in [9.17, 15) is 13.2 Å². The van der Waals surface area contributed by atoms with E-state index in [1.54, 1.807) is 47.2 Å². The Bertz CT molecular complexity index is 1080. The second-order valence-corrected chi connectivity index (χ2v) is 9.36. The first kappa shape index (κ1) is 20.1. The number of hydrogen-bond acceptors (Lipinski definition) is 3. The average molecular weight is 399 g/mol. The van der Waals surface area contributed by atoms with Crippen molar-refractivity contribution in [2.24, 2.45) is 0 Å². The van der Waals surface area contributed by atoms with Gasteiger partial charge < -0.3 is 9.47 Å². The van der Waals surface area contributed by atoms with Gasteiger partial charge in [-0.1, -0.05) is 36.4 Å². The van der Waals surface area contributed by atoms with E-state index < -0.39 is 9.84 Å². The van der Waals surface area contributed by atoms with E-state index in [1.807, 2.05) is 50.8 Å². The van der Waals surface area contributed by atoms with Gasteiger partial charge in [0, 0.05) is 29.2 Å². The number of para-hydroxylation sites is 1. The Hall–Kier alpha value is -2.60. The summed E-state index contributed by atoms with van der Waals surface area (Å²) in [5, 5.41) is 0.625. The predicted molar refractivity (Wildman–Crippen MR) is 111 cm³/mol. The van der Waals surface area contributed by atoms with E-state index in [-0.39, 0.29) is 34.3 Å². The number of carbonyl (C=O) groups excluding carboxylic acids is 1. The molecule has 1 amide bonds. The molecule has 0 saturated carbocycles. The van der Waals surface area contributed by atoms with Crippen LogP contribution in [0.5, 0.6) is 0 Å². The third kappa shape index (κ3) is 3.69. The molecule has 2 aromatic carbocycles. The van der Waals surface area contributed by atoms with Gasteiger partial charge in [-0.15, -0.1) is 0 Å². The average Bonchev–Trinajstić information content (AvgIpc) is 3.01. The first-order chi connectivity index (χ1) is 13.2. The number of aromatic nitrogens is 1. The van der Waals surface area contributed by atoms with E-state index in [2.05, 4.69) is 0 Å². The summed E-state index contributed by atoms with van der Waals surface area (Å²) in [7, 11) is -3.68. The summed E-state index contributed by atoms with van der Waals surface area (Å²) < 4.78 is 28.1. The highest BCUT2D eigenvalue weighted by atomic mass is 32.2. The van der Waals surface area contributed by atoms with Crippen LogP contribution in [0.15, 0.2) is 70.6 Å². The second-order valence-electron chi connectivity index (χ2n) is 7.44. The van der Waals surface area contributed by atoms with Crippen LogP contribution in [0.3, 0.4) is 0 Å². The first-order valence-electron chi connectivity index (χ1n) is 9.42. The summed E-state index contributed by atoms with van der Waals surface area (Å²) >= 11 is 0. The van der Waals surface area contributed by atoms with Crippen molar-refractivity contribution in [1.82, 2.24) is 9.47 Å². The van der Waals surface area contributed by atoms with Gasteiger partial charge >= 0.3 is 0 Å². The van der Waals surface area contributed by atoms with Crippen molar-refractivity contribution in [3.05, 3.63) is 60.8 Å². The minimum Gasteiger partial charge on any atom is -0.337 e. The fourth-order valence-electron chi connectivity index (χ4n) is 3.68. The van der Waals surface area contributed by atoms with E-state index in [0.717, 1.165) is 5.52 Å². The zero-order valence-electron chi connectivity index (χ0n) is 16.7. The molecule has 0 radical (unpaired) electrons. The van der Waals surface area contributed by atoms with Crippen molar-refractivity contribution >= 4 is 26.6 Å². The van der Waals surface area contributed by atoms with Gasteiger partial charge in [0.05, 0.1) is 9.79 Å². The molecule has 5 nitrogen and oxygen atoms in total. The molecule has 0 atom stereocenters. The molecule has 0 bridgehead atoms. The molecule has 3 rings (SSSR count). The van der Waals surface area contributed by atoms with Crippen molar-refractivity contribution in [3.63, 3.8) is 0 Å². The third-order valence-electron chi connectivity index (χ3n) is 4.80. The molecule has 28 heavy (non-hydrogen) atoms. The third-order valence-corrected chi connectivity index (χ3v) is 6.60. The van der Waals surface area contributed by atoms with E-state index in [4.69, 9.17) is 0 Å². The second kappa shape index (κ2) is 7.80. The Kier molecular flexibility index (Phi) is 5.61. The molecular formula is C22H26N2O3S. The maximum Gasteiger partial charge on any atom is 0.242 e. The molecule has 0 aliphatic carbocycles. The number of fused-ring (bicyclic) bond motifs is 1. The molecule has 1 aromatic heterocycles. The molecule has 0 aliphatic heterocycles. The summed E-state index contributed by atoms with van der Waals surface area (Å²) in [5.74, 6) is -0.0330. The van der Waals surface area contributed by atoms with E-state index in [0.29, 0.717) is 5.39 Å². The number of benzene rings is 2. The fourth-order valence-corrected chi connectivity index (χ4v) is 5.18. The van der Waals surface area contributed by atoms with Crippen LogP contribution in [-0.4, -0.2) is 35.9 Å². The highest BCUT2D eigenvalue weighted by Crippen LogP contribution is 2.30. The maximum absolute atomic E-state index is 13.2. The van der Waals surface area contributed by atoms with Gasteiger partial charge in [-0.05, 0) is 45.9 Å². The lowest BCUT2D eigenvalue weighted by molar-refractivity contribution is -0.135. The van der Waals surface area contributed by atoms with Crippen molar-refractivity contribution in [3.8, 4) is 0 Å². The number of rotatable bonds is 6. The van der Waals surface area contributed by atoms with Gasteiger partial charge in [0.2, 0.25) is 15.7 Å². The minimum absolute atomic E-state index is 0.0330. The normalized spacial score (nSPS) is 12.1. The van der Waals surface area contributed by atoms with Gasteiger partial charge in [0.25, 0.3) is 0 Å². The molecule has 0 spiro atoms. The Labute approximate surface area is 166 Å². The lowest BCUT2D eigenvalue weighted by Gasteiger charge is -2.31. The Morgan fingerprint density at radius 3 is 2.11 bits per heavy atom. The largest absolute Gasteiger partial charge is 0.337 e. The molecule has 0 aliphatic rings. The fraction of sp³-hybridized carbons (Fsp3) is 0.318. The lowest BCUT2D eigenvalue weighted by Crippen LogP contribution is -2.43. The highest BCUT2D eigenvalue weighted by molar-refractivity contribution is 7.91. The lowest BCUT2D eigenvalue weighted by atomic mass is 10.2. The molecule has 0 fully saturated rings. The molecule has 6 heteroatoms. The molecular weight excluding hydrogens is 372 g/mol. The predicted octanol–water partition coefficient (Wildman–Crippen LogP) is 4.12. The quantitative estimate of drug-likeness (QED) is 0.628. The van der Waals surface area contributed by atoms with Gasteiger partial charge in [-0.3, -0.25) is 4.79 Å². The minimum atomic E-state index is -3.68. The van der Waals surface area contributed by atoms with Crippen LogP contribution >= 0.6 is 0 Å². The number of amides is 1. The molecule has 1 heterocycles. The molecule has 0 unspecified atom stereocenters. The monoisotopic (exact) mass is 398 g/mol. The summed E-state index contributed by atoms with van der Waals surface area (Å²) in [5.41, 5.74) is 0.734. The van der Waals surface area contributed by atoms with Crippen molar-refractivity contribution in [2.75, 3.05) is 0 Å². The topological polar surface area (TPSA) is 59.4 Å². The van der Waals surface area contributed by atoms with E-state index in [1.165, 1.54) is 0 Å². The standard InChI is InChI=1S/C22H26N2O3S/c1-16(2)24(17(3)4)22(25)15-23-14-21(19-12-8-9-13-20(19)23)28(26,27)18-10-6-5-7-11-18/h5-14,16-17H,15H2,1-4H3. The zero-order chi connectivity index (χ0) is 20.5. The van der Waals surface area contributed by atoms with Crippen LogP contribution in [-0.2, 0) is 21.2 Å². The van der Waals surface area contributed by atoms with Crippen LogP contribution in [0.4, 0.5) is 0 Å². The summed E-state index contributed by atoms with van der Waals surface area (Å²) in [6.45, 7) is 8.03. The number of sulfone groups is 1. The van der Waals surface area contributed by atoms with Crippen LogP contribution in [0.2, 0.25) is 0 Å². The SMILES string of the molecule is CC(C)N(C(=O)Cn1cc(S(=O)(=O)c2ccccc2)c2ccccc21)C(C)C. The highest BCUT2D eigenvalue weighted by Gasteiger charge is 2.25. The summed E-state index contributed by atoms with van der Waals surface area (Å²) in [6.07, 6.45) is 1.59.